The molecule has 1 aliphatic rings. The zero-order valence-electron chi connectivity index (χ0n) is 15.3. The molecule has 0 atom stereocenters. The van der Waals surface area contributed by atoms with E-state index in [-0.39, 0.29) is 12.8 Å². The molecule has 0 bridgehead atoms. The molecule has 1 aliphatic heterocycles. The van der Waals surface area contributed by atoms with Gasteiger partial charge in [-0.05, 0) is 61.7 Å². The van der Waals surface area contributed by atoms with Crippen LogP contribution in [0.5, 0.6) is 0 Å². The largest absolute Gasteiger partial charge is 0.417 e. The second kappa shape index (κ2) is 6.92. The zero-order valence-corrected chi connectivity index (χ0v) is 15.3. The lowest BCUT2D eigenvalue weighted by atomic mass is 9.96. The van der Waals surface area contributed by atoms with Crippen molar-refractivity contribution < 1.29 is 17.6 Å². The lowest BCUT2D eigenvalue weighted by Crippen LogP contribution is -2.39. The van der Waals surface area contributed by atoms with Gasteiger partial charge in [0, 0.05) is 30.2 Å². The molecule has 0 amide bonds. The molecule has 1 aromatic heterocycles. The van der Waals surface area contributed by atoms with Crippen LogP contribution < -0.4 is 16.0 Å². The third-order valence-corrected chi connectivity index (χ3v) is 5.23. The molecule has 148 valence electrons. The van der Waals surface area contributed by atoms with Crippen molar-refractivity contribution in [3.05, 3.63) is 52.5 Å². The van der Waals surface area contributed by atoms with Gasteiger partial charge in [0.2, 0.25) is 0 Å². The maximum Gasteiger partial charge on any atom is 0.417 e. The maximum atomic E-state index is 12.8. The van der Waals surface area contributed by atoms with Gasteiger partial charge in [0.1, 0.15) is 0 Å². The number of alkyl halides is 3. The zero-order chi connectivity index (χ0) is 19.9. The van der Waals surface area contributed by atoms with Crippen molar-refractivity contribution in [1.29, 1.82) is 0 Å². The smallest absolute Gasteiger partial charge is 0.408 e. The van der Waals surface area contributed by atoms with Crippen LogP contribution in [-0.2, 0) is 0 Å². The molecule has 0 radical (unpaired) electrons. The van der Waals surface area contributed by atoms with Crippen LogP contribution in [0.15, 0.2) is 45.6 Å². The van der Waals surface area contributed by atoms with Gasteiger partial charge in [-0.1, -0.05) is 0 Å². The van der Waals surface area contributed by atoms with Crippen molar-refractivity contribution in [3.8, 4) is 0 Å². The molecule has 2 heterocycles. The van der Waals surface area contributed by atoms with Gasteiger partial charge in [-0.15, -0.1) is 0 Å². The normalized spacial score (nSPS) is 15.9. The summed E-state index contributed by atoms with van der Waals surface area (Å²) in [7, 11) is 0. The van der Waals surface area contributed by atoms with Crippen LogP contribution >= 0.6 is 0 Å². The van der Waals surface area contributed by atoms with Gasteiger partial charge >= 0.3 is 11.9 Å². The summed E-state index contributed by atoms with van der Waals surface area (Å²) >= 11 is 0. The monoisotopic (exact) mass is 391 g/mol. The Morgan fingerprint density at radius 3 is 2.57 bits per heavy atom. The fourth-order valence-electron chi connectivity index (χ4n) is 3.64. The van der Waals surface area contributed by atoms with Gasteiger partial charge in [-0.25, -0.2) is 4.79 Å². The van der Waals surface area contributed by atoms with E-state index in [4.69, 9.17) is 4.42 Å². The van der Waals surface area contributed by atoms with E-state index in [0.717, 1.165) is 22.6 Å². The number of benzene rings is 2. The minimum Gasteiger partial charge on any atom is -0.408 e. The molecule has 0 unspecified atom stereocenters. The topological polar surface area (TPSA) is 61.3 Å². The van der Waals surface area contributed by atoms with Gasteiger partial charge in [0.25, 0.3) is 0 Å². The summed E-state index contributed by atoms with van der Waals surface area (Å²) in [4.78, 5) is 15.9. The number of hydrogen-bond acceptors (Lipinski definition) is 4. The molecule has 2 N–H and O–H groups in total. The summed E-state index contributed by atoms with van der Waals surface area (Å²) in [6.45, 7) is 2.76. The van der Waals surface area contributed by atoms with Crippen LogP contribution in [0.1, 0.15) is 18.4 Å². The number of piperidine rings is 1. The summed E-state index contributed by atoms with van der Waals surface area (Å²) in [5, 5.41) is 3.30. The van der Waals surface area contributed by atoms with Crippen molar-refractivity contribution in [1.82, 2.24) is 4.98 Å². The highest BCUT2D eigenvalue weighted by Crippen LogP contribution is 2.36. The van der Waals surface area contributed by atoms with E-state index in [1.807, 2.05) is 36.1 Å². The second-order valence-corrected chi connectivity index (χ2v) is 7.15. The Bertz CT molecular complexity index is 1050. The number of rotatable bonds is 3. The number of aromatic amines is 1. The molecule has 8 heteroatoms. The maximum absolute atomic E-state index is 12.8. The van der Waals surface area contributed by atoms with Crippen molar-refractivity contribution in [3.63, 3.8) is 0 Å². The molecule has 4 rings (SSSR count). The number of hydrogen-bond donors (Lipinski definition) is 2. The Labute approximate surface area is 159 Å². The molecule has 1 saturated heterocycles. The number of nitrogens with one attached hydrogen (secondary N) is 2. The predicted octanol–water partition coefficient (Wildman–Crippen LogP) is 4.95. The van der Waals surface area contributed by atoms with E-state index in [2.05, 4.69) is 10.3 Å². The number of H-pyrrole nitrogens is 1. The first-order valence-electron chi connectivity index (χ1n) is 9.12. The molecule has 2 aromatic carbocycles. The third-order valence-electron chi connectivity index (χ3n) is 5.23. The average Bonchev–Trinajstić information content (AvgIpc) is 3.02. The van der Waals surface area contributed by atoms with Gasteiger partial charge < -0.3 is 14.6 Å². The summed E-state index contributed by atoms with van der Waals surface area (Å²) < 4.78 is 43.5. The highest BCUT2D eigenvalue weighted by Gasteiger charge is 2.41. The van der Waals surface area contributed by atoms with E-state index in [0.29, 0.717) is 24.2 Å². The summed E-state index contributed by atoms with van der Waals surface area (Å²) in [6, 6.07) is 11.1. The molecule has 3 aromatic rings. The number of halogens is 3. The van der Waals surface area contributed by atoms with E-state index >= 15 is 0 Å². The SMILES string of the molecule is Cc1cc(N2CCC(C(F)(F)F)CC2)ccc1Nc1ccc2oc(=O)[nH]c2c1. The van der Waals surface area contributed by atoms with Crippen LogP contribution in [0.3, 0.4) is 0 Å². The Hall–Kier alpha value is -2.90. The average molecular weight is 391 g/mol. The van der Waals surface area contributed by atoms with E-state index in [1.165, 1.54) is 0 Å². The molecule has 5 nitrogen and oxygen atoms in total. The molecular formula is C20H20F3N3O2. The Kier molecular flexibility index (Phi) is 4.56. The highest BCUT2D eigenvalue weighted by molar-refractivity contribution is 5.79. The second-order valence-electron chi connectivity index (χ2n) is 7.15. The van der Waals surface area contributed by atoms with E-state index in [9.17, 15) is 18.0 Å². The van der Waals surface area contributed by atoms with Crippen molar-refractivity contribution >= 4 is 28.2 Å². The van der Waals surface area contributed by atoms with Crippen LogP contribution in [-0.4, -0.2) is 24.2 Å². The van der Waals surface area contributed by atoms with Gasteiger partial charge in [0.15, 0.2) is 5.58 Å². The molecular weight excluding hydrogens is 371 g/mol. The first-order chi connectivity index (χ1) is 13.3. The number of aryl methyl sites for hydroxylation is 1. The van der Waals surface area contributed by atoms with Gasteiger partial charge in [-0.3, -0.25) is 4.98 Å². The van der Waals surface area contributed by atoms with E-state index in [1.54, 1.807) is 12.1 Å². The first kappa shape index (κ1) is 18.5. The summed E-state index contributed by atoms with van der Waals surface area (Å²) in [5.74, 6) is -1.70. The Morgan fingerprint density at radius 2 is 1.89 bits per heavy atom. The molecule has 28 heavy (non-hydrogen) atoms. The molecule has 1 fully saturated rings. The standard InChI is InChI=1S/C20H20F3N3O2/c1-12-10-15(26-8-6-13(7-9-26)20(21,22)23)3-4-16(12)24-14-2-5-18-17(11-14)25-19(27)28-18/h2-5,10-11,13,24H,6-9H2,1H3,(H,25,27). The summed E-state index contributed by atoms with van der Waals surface area (Å²) in [6.07, 6.45) is -3.84. The number of oxazole rings is 1. The fourth-order valence-corrected chi connectivity index (χ4v) is 3.64. The lowest BCUT2D eigenvalue weighted by molar-refractivity contribution is -0.179. The van der Waals surface area contributed by atoms with Gasteiger partial charge in [-0.2, -0.15) is 13.2 Å². The Balaban J connectivity index is 1.47. The number of nitrogens with zero attached hydrogens (tertiary/aromatic N) is 1. The highest BCUT2D eigenvalue weighted by atomic mass is 19.4. The fraction of sp³-hybridized carbons (Fsp3) is 0.350. The minimum absolute atomic E-state index is 0.130. The van der Waals surface area contributed by atoms with Crippen molar-refractivity contribution in [2.24, 2.45) is 5.92 Å². The quantitative estimate of drug-likeness (QED) is 0.663. The third kappa shape index (κ3) is 3.72. The van der Waals surface area contributed by atoms with Crippen molar-refractivity contribution in [2.75, 3.05) is 23.3 Å². The van der Waals surface area contributed by atoms with Crippen LogP contribution in [0.2, 0.25) is 0 Å². The molecule has 0 saturated carbocycles. The van der Waals surface area contributed by atoms with Crippen LogP contribution in [0.25, 0.3) is 11.1 Å². The predicted molar refractivity (Wildman–Crippen MR) is 102 cm³/mol. The number of aromatic nitrogens is 1. The lowest BCUT2D eigenvalue weighted by Gasteiger charge is -2.34. The Morgan fingerprint density at radius 1 is 1.14 bits per heavy atom. The summed E-state index contributed by atoms with van der Waals surface area (Å²) in [5.41, 5.74) is 4.70. The van der Waals surface area contributed by atoms with E-state index < -0.39 is 17.9 Å². The molecule has 0 aliphatic carbocycles. The van der Waals surface area contributed by atoms with Crippen LogP contribution in [0.4, 0.5) is 30.2 Å². The van der Waals surface area contributed by atoms with Gasteiger partial charge in [0.05, 0.1) is 11.4 Å². The van der Waals surface area contributed by atoms with Crippen molar-refractivity contribution in [2.45, 2.75) is 25.9 Å². The first-order valence-corrected chi connectivity index (χ1v) is 9.12. The molecule has 0 spiro atoms. The van der Waals surface area contributed by atoms with Crippen LogP contribution in [0, 0.1) is 12.8 Å². The minimum atomic E-state index is -4.10. The number of anilines is 3. The number of fused-ring (bicyclic) bond motifs is 1.